The standard InChI is InChI=1S/C19H20FNO4/c1-12(2)11-25-15-6-3-13(4-7-15)9-18(22)21-17-8-5-14(19(23)24)10-16(17)20/h3-8,10,12H,9,11H2,1-2H3,(H,21,22)(H,23,24). The van der Waals surface area contributed by atoms with Crippen molar-refractivity contribution in [1.29, 1.82) is 0 Å². The number of nitrogens with one attached hydrogen (secondary N) is 1. The molecule has 25 heavy (non-hydrogen) atoms. The minimum Gasteiger partial charge on any atom is -0.493 e. The lowest BCUT2D eigenvalue weighted by atomic mass is 10.1. The second-order valence-corrected chi connectivity index (χ2v) is 6.07. The van der Waals surface area contributed by atoms with E-state index in [0.29, 0.717) is 12.5 Å². The predicted octanol–water partition coefficient (Wildman–Crippen LogP) is 3.74. The maximum absolute atomic E-state index is 13.8. The number of aromatic carboxylic acids is 1. The molecule has 2 rings (SSSR count). The molecule has 0 unspecified atom stereocenters. The lowest BCUT2D eigenvalue weighted by Gasteiger charge is -2.10. The molecule has 6 heteroatoms. The van der Waals surface area contributed by atoms with Gasteiger partial charge in [-0.1, -0.05) is 26.0 Å². The Morgan fingerprint density at radius 2 is 1.84 bits per heavy atom. The molecule has 2 N–H and O–H groups in total. The van der Waals surface area contributed by atoms with Crippen LogP contribution in [0.15, 0.2) is 42.5 Å². The molecule has 0 atom stereocenters. The summed E-state index contributed by atoms with van der Waals surface area (Å²) < 4.78 is 19.4. The fourth-order valence-corrected chi connectivity index (χ4v) is 2.10. The Labute approximate surface area is 145 Å². The van der Waals surface area contributed by atoms with Gasteiger partial charge in [-0.2, -0.15) is 0 Å². The van der Waals surface area contributed by atoms with Crippen LogP contribution in [0, 0.1) is 11.7 Å². The molecule has 2 aromatic rings. The first-order valence-electron chi connectivity index (χ1n) is 7.89. The SMILES string of the molecule is CC(C)COc1ccc(CC(=O)Nc2ccc(C(=O)O)cc2F)cc1. The second kappa shape index (κ2) is 8.28. The Kier molecular flexibility index (Phi) is 6.11. The van der Waals surface area contributed by atoms with Gasteiger partial charge in [0, 0.05) is 0 Å². The minimum absolute atomic E-state index is 0.0492. The molecule has 5 nitrogen and oxygen atoms in total. The fraction of sp³-hybridized carbons (Fsp3) is 0.263. The summed E-state index contributed by atoms with van der Waals surface area (Å²) in [7, 11) is 0. The number of hydrogen-bond donors (Lipinski definition) is 2. The average molecular weight is 345 g/mol. The molecule has 0 aliphatic heterocycles. The van der Waals surface area contributed by atoms with E-state index in [1.807, 2.05) is 0 Å². The summed E-state index contributed by atoms with van der Waals surface area (Å²) in [6.07, 6.45) is 0.0740. The number of halogens is 1. The van der Waals surface area contributed by atoms with Crippen molar-refractivity contribution in [2.24, 2.45) is 5.92 Å². The van der Waals surface area contributed by atoms with E-state index in [4.69, 9.17) is 9.84 Å². The van der Waals surface area contributed by atoms with Gasteiger partial charge in [0.15, 0.2) is 0 Å². The first kappa shape index (κ1) is 18.4. The molecule has 1 amide bonds. The van der Waals surface area contributed by atoms with Gasteiger partial charge in [0.25, 0.3) is 0 Å². The van der Waals surface area contributed by atoms with Gasteiger partial charge in [-0.3, -0.25) is 4.79 Å². The normalized spacial score (nSPS) is 10.6. The van der Waals surface area contributed by atoms with Crippen molar-refractivity contribution in [1.82, 2.24) is 0 Å². The monoisotopic (exact) mass is 345 g/mol. The molecule has 0 heterocycles. The first-order chi connectivity index (χ1) is 11.8. The minimum atomic E-state index is -1.23. The highest BCUT2D eigenvalue weighted by Crippen LogP contribution is 2.17. The highest BCUT2D eigenvalue weighted by atomic mass is 19.1. The van der Waals surface area contributed by atoms with E-state index in [1.165, 1.54) is 12.1 Å². The fourth-order valence-electron chi connectivity index (χ4n) is 2.10. The number of carboxylic acids is 1. The van der Waals surface area contributed by atoms with Crippen molar-refractivity contribution in [2.75, 3.05) is 11.9 Å². The number of carbonyl (C=O) groups excluding carboxylic acids is 1. The summed E-state index contributed by atoms with van der Waals surface area (Å²) >= 11 is 0. The summed E-state index contributed by atoms with van der Waals surface area (Å²) in [6.45, 7) is 4.73. The number of anilines is 1. The van der Waals surface area contributed by atoms with E-state index in [2.05, 4.69) is 19.2 Å². The van der Waals surface area contributed by atoms with Crippen molar-refractivity contribution in [3.8, 4) is 5.75 Å². The first-order valence-corrected chi connectivity index (χ1v) is 7.89. The quantitative estimate of drug-likeness (QED) is 0.801. The van der Waals surface area contributed by atoms with E-state index in [0.717, 1.165) is 17.4 Å². The molecule has 0 bridgehead atoms. The molecule has 0 aliphatic rings. The van der Waals surface area contributed by atoms with Gasteiger partial charge in [-0.25, -0.2) is 9.18 Å². The maximum atomic E-state index is 13.8. The molecule has 0 saturated heterocycles. The van der Waals surface area contributed by atoms with Gasteiger partial charge in [-0.15, -0.1) is 0 Å². The molecule has 132 valence electrons. The molecular formula is C19H20FNO4. The Morgan fingerprint density at radius 3 is 2.40 bits per heavy atom. The van der Waals surface area contributed by atoms with Gasteiger partial charge < -0.3 is 15.2 Å². The Bertz CT molecular complexity index is 757. The Morgan fingerprint density at radius 1 is 1.16 bits per heavy atom. The van der Waals surface area contributed by atoms with Crippen LogP contribution in [0.1, 0.15) is 29.8 Å². The number of hydrogen-bond acceptors (Lipinski definition) is 3. The van der Waals surface area contributed by atoms with Crippen molar-refractivity contribution in [3.05, 3.63) is 59.4 Å². The molecular weight excluding hydrogens is 325 g/mol. The van der Waals surface area contributed by atoms with Gasteiger partial charge in [0.05, 0.1) is 24.3 Å². The molecule has 0 spiro atoms. The third kappa shape index (κ3) is 5.60. The Hall–Kier alpha value is -2.89. The zero-order valence-corrected chi connectivity index (χ0v) is 14.1. The molecule has 2 aromatic carbocycles. The van der Waals surface area contributed by atoms with Crippen molar-refractivity contribution >= 4 is 17.6 Å². The summed E-state index contributed by atoms with van der Waals surface area (Å²) in [5.74, 6) is -1.25. The number of carboxylic acid groups (broad SMARTS) is 1. The zero-order chi connectivity index (χ0) is 18.4. The van der Waals surface area contributed by atoms with E-state index in [-0.39, 0.29) is 17.7 Å². The molecule has 0 fully saturated rings. The molecule has 0 aliphatic carbocycles. The summed E-state index contributed by atoms with van der Waals surface area (Å²) in [5.41, 5.74) is 0.538. The van der Waals surface area contributed by atoms with E-state index >= 15 is 0 Å². The molecule has 0 radical (unpaired) electrons. The highest BCUT2D eigenvalue weighted by Gasteiger charge is 2.11. The third-order valence-electron chi connectivity index (χ3n) is 3.36. The number of amides is 1. The van der Waals surface area contributed by atoms with Crippen molar-refractivity contribution in [2.45, 2.75) is 20.3 Å². The highest BCUT2D eigenvalue weighted by molar-refractivity contribution is 5.93. The maximum Gasteiger partial charge on any atom is 0.335 e. The van der Waals surface area contributed by atoms with Crippen molar-refractivity contribution < 1.29 is 23.8 Å². The average Bonchev–Trinajstić information content (AvgIpc) is 2.55. The van der Waals surface area contributed by atoms with Crippen LogP contribution in [-0.2, 0) is 11.2 Å². The summed E-state index contributed by atoms with van der Waals surface area (Å²) in [4.78, 5) is 22.8. The van der Waals surface area contributed by atoms with Gasteiger partial charge >= 0.3 is 5.97 Å². The van der Waals surface area contributed by atoms with Crippen LogP contribution >= 0.6 is 0 Å². The van der Waals surface area contributed by atoms with Crippen LogP contribution in [-0.4, -0.2) is 23.6 Å². The number of ether oxygens (including phenoxy) is 1. The third-order valence-corrected chi connectivity index (χ3v) is 3.36. The van der Waals surface area contributed by atoms with Crippen LogP contribution in [0.2, 0.25) is 0 Å². The Balaban J connectivity index is 1.95. The van der Waals surface area contributed by atoms with Crippen LogP contribution in [0.3, 0.4) is 0 Å². The van der Waals surface area contributed by atoms with Gasteiger partial charge in [-0.05, 0) is 41.8 Å². The number of benzene rings is 2. The van der Waals surface area contributed by atoms with E-state index < -0.39 is 17.7 Å². The molecule has 0 saturated carbocycles. The number of rotatable bonds is 7. The topological polar surface area (TPSA) is 75.6 Å². The van der Waals surface area contributed by atoms with Gasteiger partial charge in [0.1, 0.15) is 11.6 Å². The smallest absolute Gasteiger partial charge is 0.335 e. The van der Waals surface area contributed by atoms with Crippen LogP contribution in [0.4, 0.5) is 10.1 Å². The zero-order valence-electron chi connectivity index (χ0n) is 14.1. The predicted molar refractivity (Wildman–Crippen MR) is 92.5 cm³/mol. The van der Waals surface area contributed by atoms with Gasteiger partial charge in [0.2, 0.25) is 5.91 Å². The van der Waals surface area contributed by atoms with Crippen LogP contribution in [0.5, 0.6) is 5.75 Å². The van der Waals surface area contributed by atoms with Crippen LogP contribution < -0.4 is 10.1 Å². The van der Waals surface area contributed by atoms with Crippen LogP contribution in [0.25, 0.3) is 0 Å². The van der Waals surface area contributed by atoms with E-state index in [1.54, 1.807) is 24.3 Å². The lowest BCUT2D eigenvalue weighted by molar-refractivity contribution is -0.115. The lowest BCUT2D eigenvalue weighted by Crippen LogP contribution is -2.15. The largest absolute Gasteiger partial charge is 0.493 e. The summed E-state index contributed by atoms with van der Waals surface area (Å²) in [5, 5.41) is 11.2. The number of carbonyl (C=O) groups is 2. The molecule has 0 aromatic heterocycles. The van der Waals surface area contributed by atoms with Crippen molar-refractivity contribution in [3.63, 3.8) is 0 Å². The second-order valence-electron chi connectivity index (χ2n) is 6.07. The summed E-state index contributed by atoms with van der Waals surface area (Å²) in [6, 6.07) is 10.5. The van der Waals surface area contributed by atoms with E-state index in [9.17, 15) is 14.0 Å².